The van der Waals surface area contributed by atoms with Crippen LogP contribution in [0, 0.1) is 0 Å². The molecule has 0 heterocycles. The number of rotatable bonds is 8. The average Bonchev–Trinajstić information content (AvgIpc) is 2.46. The molecular formula is C16H27NO2. The summed E-state index contributed by atoms with van der Waals surface area (Å²) in [5.41, 5.74) is 0.578. The predicted molar refractivity (Wildman–Crippen MR) is 79.7 cm³/mol. The van der Waals surface area contributed by atoms with Crippen LogP contribution in [0.4, 0.5) is 0 Å². The molecule has 1 unspecified atom stereocenters. The van der Waals surface area contributed by atoms with Gasteiger partial charge >= 0.3 is 0 Å². The van der Waals surface area contributed by atoms with Crippen LogP contribution in [-0.2, 0) is 6.42 Å². The lowest BCUT2D eigenvalue weighted by molar-refractivity contribution is -0.0113. The van der Waals surface area contributed by atoms with Crippen molar-refractivity contribution in [2.24, 2.45) is 0 Å². The highest BCUT2D eigenvalue weighted by Crippen LogP contribution is 2.19. The number of aliphatic hydroxyl groups is 1. The fourth-order valence-electron chi connectivity index (χ4n) is 1.85. The summed E-state index contributed by atoms with van der Waals surface area (Å²) in [5, 5.41) is 13.4. The molecule has 0 amide bonds. The first-order chi connectivity index (χ1) is 9.03. The Balaban J connectivity index is 2.53. The summed E-state index contributed by atoms with van der Waals surface area (Å²) >= 11 is 0. The second-order valence-corrected chi connectivity index (χ2v) is 5.26. The molecule has 0 fully saturated rings. The molecule has 1 aromatic rings. The van der Waals surface area contributed by atoms with Crippen LogP contribution in [0.15, 0.2) is 24.3 Å². The summed E-state index contributed by atoms with van der Waals surface area (Å²) in [4.78, 5) is 0. The van der Waals surface area contributed by atoms with Crippen molar-refractivity contribution >= 4 is 0 Å². The van der Waals surface area contributed by atoms with E-state index in [0.717, 1.165) is 12.2 Å². The van der Waals surface area contributed by atoms with Crippen LogP contribution in [0.25, 0.3) is 0 Å². The maximum Gasteiger partial charge on any atom is 0.119 e. The summed E-state index contributed by atoms with van der Waals surface area (Å²) in [6, 6.07) is 8.59. The van der Waals surface area contributed by atoms with Gasteiger partial charge in [0.2, 0.25) is 0 Å². The molecule has 108 valence electrons. The third kappa shape index (κ3) is 5.21. The topological polar surface area (TPSA) is 41.5 Å². The quantitative estimate of drug-likeness (QED) is 0.759. The number of nitrogens with one attached hydrogen (secondary N) is 1. The zero-order chi connectivity index (χ0) is 14.3. The van der Waals surface area contributed by atoms with Gasteiger partial charge in [-0.2, -0.15) is 0 Å². The molecule has 1 aromatic carbocycles. The number of ether oxygens (including phenoxy) is 1. The highest BCUT2D eigenvalue weighted by atomic mass is 16.5. The lowest BCUT2D eigenvalue weighted by Crippen LogP contribution is -2.34. The molecule has 3 heteroatoms. The molecule has 0 spiro atoms. The number of hydrogen-bond acceptors (Lipinski definition) is 3. The second kappa shape index (κ2) is 7.51. The van der Waals surface area contributed by atoms with Crippen molar-refractivity contribution in [1.29, 1.82) is 0 Å². The molecule has 1 rings (SSSR count). The zero-order valence-corrected chi connectivity index (χ0v) is 12.6. The fraction of sp³-hybridized carbons (Fsp3) is 0.625. The monoisotopic (exact) mass is 265 g/mol. The van der Waals surface area contributed by atoms with E-state index in [2.05, 4.69) is 24.4 Å². The van der Waals surface area contributed by atoms with E-state index >= 15 is 0 Å². The third-order valence-corrected chi connectivity index (χ3v) is 3.78. The van der Waals surface area contributed by atoms with Crippen LogP contribution < -0.4 is 10.1 Å². The smallest absolute Gasteiger partial charge is 0.119 e. The van der Waals surface area contributed by atoms with Crippen molar-refractivity contribution < 1.29 is 9.84 Å². The van der Waals surface area contributed by atoms with Gasteiger partial charge in [0, 0.05) is 6.04 Å². The highest BCUT2D eigenvalue weighted by molar-refractivity contribution is 5.27. The zero-order valence-electron chi connectivity index (χ0n) is 12.6. The Labute approximate surface area is 117 Å². The van der Waals surface area contributed by atoms with Crippen molar-refractivity contribution in [3.05, 3.63) is 29.8 Å². The van der Waals surface area contributed by atoms with Crippen LogP contribution in [0.2, 0.25) is 0 Å². The minimum absolute atomic E-state index is 0.353. The minimum Gasteiger partial charge on any atom is -0.491 e. The molecule has 0 aliphatic rings. The molecule has 1 atom stereocenters. The van der Waals surface area contributed by atoms with Gasteiger partial charge in [-0.05, 0) is 50.9 Å². The largest absolute Gasteiger partial charge is 0.491 e. The lowest BCUT2D eigenvalue weighted by Gasteiger charge is -2.25. The van der Waals surface area contributed by atoms with Crippen molar-refractivity contribution in [3.8, 4) is 5.75 Å². The van der Waals surface area contributed by atoms with Gasteiger partial charge in [0.05, 0.1) is 5.60 Å². The van der Waals surface area contributed by atoms with Crippen molar-refractivity contribution in [2.45, 2.75) is 51.7 Å². The van der Waals surface area contributed by atoms with E-state index in [-0.39, 0.29) is 0 Å². The van der Waals surface area contributed by atoms with Crippen LogP contribution in [-0.4, -0.2) is 30.4 Å². The maximum absolute atomic E-state index is 10.2. The van der Waals surface area contributed by atoms with Crippen LogP contribution in [0.3, 0.4) is 0 Å². The first kappa shape index (κ1) is 16.0. The van der Waals surface area contributed by atoms with E-state index in [4.69, 9.17) is 4.74 Å². The number of hydrogen-bond donors (Lipinski definition) is 2. The summed E-state index contributed by atoms with van der Waals surface area (Å²) < 4.78 is 5.67. The molecule has 3 nitrogen and oxygen atoms in total. The standard InChI is InChI=1S/C16H27NO2/c1-5-16(18,6-2)12-19-15-9-7-14(8-10-15)11-13(3)17-4/h7-10,13,17-18H,5-6,11-12H2,1-4H3. The molecule has 0 aromatic heterocycles. The Hall–Kier alpha value is -1.06. The molecule has 0 saturated carbocycles. The molecule has 19 heavy (non-hydrogen) atoms. The summed E-state index contributed by atoms with van der Waals surface area (Å²) in [6.45, 7) is 6.48. The van der Waals surface area contributed by atoms with Gasteiger partial charge in [0.15, 0.2) is 0 Å². The first-order valence-corrected chi connectivity index (χ1v) is 7.14. The van der Waals surface area contributed by atoms with Gasteiger partial charge in [0.1, 0.15) is 12.4 Å². The fourth-order valence-corrected chi connectivity index (χ4v) is 1.85. The third-order valence-electron chi connectivity index (χ3n) is 3.78. The predicted octanol–water partition coefficient (Wildman–Crippen LogP) is 2.77. The van der Waals surface area contributed by atoms with Crippen LogP contribution in [0.5, 0.6) is 5.75 Å². The maximum atomic E-state index is 10.2. The van der Waals surface area contributed by atoms with E-state index in [9.17, 15) is 5.11 Å². The normalized spacial score (nSPS) is 13.3. The Morgan fingerprint density at radius 2 is 1.79 bits per heavy atom. The molecule has 0 bridgehead atoms. The minimum atomic E-state index is -0.709. The van der Waals surface area contributed by atoms with Crippen LogP contribution >= 0.6 is 0 Å². The van der Waals surface area contributed by atoms with E-state index < -0.39 is 5.60 Å². The Morgan fingerprint density at radius 1 is 1.21 bits per heavy atom. The SMILES string of the molecule is CCC(O)(CC)COc1ccc(CC(C)NC)cc1. The Bertz CT molecular complexity index is 358. The van der Waals surface area contributed by atoms with Crippen molar-refractivity contribution in [1.82, 2.24) is 5.32 Å². The van der Waals surface area contributed by atoms with E-state index in [1.807, 2.05) is 33.0 Å². The Kier molecular flexibility index (Phi) is 6.32. The molecule has 0 saturated heterocycles. The molecular weight excluding hydrogens is 238 g/mol. The molecule has 0 aliphatic carbocycles. The molecule has 0 radical (unpaired) electrons. The summed E-state index contributed by atoms with van der Waals surface area (Å²) in [5.74, 6) is 0.821. The van der Waals surface area contributed by atoms with Crippen molar-refractivity contribution in [2.75, 3.05) is 13.7 Å². The average molecular weight is 265 g/mol. The Morgan fingerprint density at radius 3 is 2.26 bits per heavy atom. The van der Waals surface area contributed by atoms with Gasteiger partial charge in [-0.15, -0.1) is 0 Å². The van der Waals surface area contributed by atoms with Gasteiger partial charge < -0.3 is 15.2 Å². The van der Waals surface area contributed by atoms with E-state index in [0.29, 0.717) is 25.5 Å². The van der Waals surface area contributed by atoms with Crippen molar-refractivity contribution in [3.63, 3.8) is 0 Å². The summed E-state index contributed by atoms with van der Waals surface area (Å²) in [7, 11) is 1.97. The molecule has 0 aliphatic heterocycles. The lowest BCUT2D eigenvalue weighted by atomic mass is 9.99. The van der Waals surface area contributed by atoms with Gasteiger partial charge in [-0.3, -0.25) is 0 Å². The van der Waals surface area contributed by atoms with Gasteiger partial charge in [-0.25, -0.2) is 0 Å². The summed E-state index contributed by atoms with van der Waals surface area (Å²) in [6.07, 6.45) is 2.42. The van der Waals surface area contributed by atoms with Gasteiger partial charge in [-0.1, -0.05) is 26.0 Å². The van der Waals surface area contributed by atoms with Gasteiger partial charge in [0.25, 0.3) is 0 Å². The number of benzene rings is 1. The van der Waals surface area contributed by atoms with Crippen LogP contribution in [0.1, 0.15) is 39.2 Å². The highest BCUT2D eigenvalue weighted by Gasteiger charge is 2.22. The second-order valence-electron chi connectivity index (χ2n) is 5.26. The first-order valence-electron chi connectivity index (χ1n) is 7.14. The van der Waals surface area contributed by atoms with E-state index in [1.165, 1.54) is 5.56 Å². The number of likely N-dealkylation sites (N-methyl/N-ethyl adjacent to an activating group) is 1. The molecule has 2 N–H and O–H groups in total. The van der Waals surface area contributed by atoms with E-state index in [1.54, 1.807) is 0 Å².